The number of rotatable bonds is 7. The van der Waals surface area contributed by atoms with Crippen LogP contribution in [0.4, 0.5) is 0 Å². The van der Waals surface area contributed by atoms with Crippen molar-refractivity contribution in [2.24, 2.45) is 5.92 Å². The first kappa shape index (κ1) is 20.3. The third kappa shape index (κ3) is 4.34. The standard InChI is InChI=1S/C22H22N2O5/c1-14(2)19(24-20(26)16-10-6-7-11-17(16)21(24)27)22(28)29-13-18(25)23-12-15-8-4-3-5-9-15/h3-11,14,19H,12-13H2,1-2H3,(H,23,25)/t19-/m1/s1. The van der Waals surface area contributed by atoms with Gasteiger partial charge in [-0.25, -0.2) is 4.79 Å². The summed E-state index contributed by atoms with van der Waals surface area (Å²) in [5.74, 6) is -2.70. The Labute approximate surface area is 168 Å². The smallest absolute Gasteiger partial charge is 0.330 e. The number of carbonyl (C=O) groups excluding carboxylic acids is 4. The van der Waals surface area contributed by atoms with E-state index in [4.69, 9.17) is 4.74 Å². The Hall–Kier alpha value is -3.48. The van der Waals surface area contributed by atoms with E-state index in [1.165, 1.54) is 0 Å². The minimum absolute atomic E-state index is 0.261. The van der Waals surface area contributed by atoms with Crippen LogP contribution in [0.1, 0.15) is 40.1 Å². The molecule has 2 aromatic rings. The second-order valence-corrected chi connectivity index (χ2v) is 7.08. The zero-order valence-electron chi connectivity index (χ0n) is 16.3. The van der Waals surface area contributed by atoms with Crippen LogP contribution in [0.2, 0.25) is 0 Å². The molecule has 0 bridgehead atoms. The summed E-state index contributed by atoms with van der Waals surface area (Å²) < 4.78 is 5.13. The van der Waals surface area contributed by atoms with Crippen molar-refractivity contribution in [3.63, 3.8) is 0 Å². The van der Waals surface area contributed by atoms with Crippen molar-refractivity contribution in [2.75, 3.05) is 6.61 Å². The Morgan fingerprint density at radius 1 is 0.931 bits per heavy atom. The molecule has 2 aromatic carbocycles. The molecule has 3 amide bonds. The molecule has 1 N–H and O–H groups in total. The average molecular weight is 394 g/mol. The highest BCUT2D eigenvalue weighted by atomic mass is 16.5. The molecule has 0 aliphatic carbocycles. The van der Waals surface area contributed by atoms with E-state index in [0.29, 0.717) is 6.54 Å². The molecule has 7 nitrogen and oxygen atoms in total. The van der Waals surface area contributed by atoms with E-state index in [9.17, 15) is 19.2 Å². The van der Waals surface area contributed by atoms with Crippen LogP contribution in [0.5, 0.6) is 0 Å². The van der Waals surface area contributed by atoms with E-state index in [-0.39, 0.29) is 17.0 Å². The largest absolute Gasteiger partial charge is 0.454 e. The van der Waals surface area contributed by atoms with Crippen LogP contribution in [-0.4, -0.2) is 41.2 Å². The van der Waals surface area contributed by atoms with Crippen molar-refractivity contribution in [1.82, 2.24) is 10.2 Å². The van der Waals surface area contributed by atoms with Crippen LogP contribution in [-0.2, 0) is 20.9 Å². The number of benzene rings is 2. The van der Waals surface area contributed by atoms with Gasteiger partial charge in [0.05, 0.1) is 11.1 Å². The van der Waals surface area contributed by atoms with Gasteiger partial charge in [-0.15, -0.1) is 0 Å². The maximum Gasteiger partial charge on any atom is 0.330 e. The Morgan fingerprint density at radius 3 is 2.03 bits per heavy atom. The number of ether oxygens (including phenoxy) is 1. The number of hydrogen-bond donors (Lipinski definition) is 1. The predicted octanol–water partition coefficient (Wildman–Crippen LogP) is 2.17. The van der Waals surface area contributed by atoms with Gasteiger partial charge in [0.2, 0.25) is 0 Å². The molecule has 0 spiro atoms. The van der Waals surface area contributed by atoms with Crippen molar-refractivity contribution in [3.05, 3.63) is 71.3 Å². The number of amides is 3. The third-order valence-electron chi connectivity index (χ3n) is 4.65. The van der Waals surface area contributed by atoms with Gasteiger partial charge in [-0.2, -0.15) is 0 Å². The lowest BCUT2D eigenvalue weighted by atomic mass is 10.0. The average Bonchev–Trinajstić information content (AvgIpc) is 2.97. The summed E-state index contributed by atoms with van der Waals surface area (Å²) in [4.78, 5) is 50.9. The molecule has 150 valence electrons. The molecule has 7 heteroatoms. The summed E-state index contributed by atoms with van der Waals surface area (Å²) in [6.45, 7) is 3.25. The summed E-state index contributed by atoms with van der Waals surface area (Å²) in [5.41, 5.74) is 1.44. The number of imide groups is 1. The van der Waals surface area contributed by atoms with E-state index < -0.39 is 36.3 Å². The number of hydrogen-bond acceptors (Lipinski definition) is 5. The molecule has 0 radical (unpaired) electrons. The zero-order valence-corrected chi connectivity index (χ0v) is 16.3. The van der Waals surface area contributed by atoms with E-state index in [2.05, 4.69) is 5.32 Å². The number of fused-ring (bicyclic) bond motifs is 1. The first-order valence-electron chi connectivity index (χ1n) is 9.34. The molecule has 1 aliphatic heterocycles. The molecule has 1 atom stereocenters. The molecule has 0 unspecified atom stereocenters. The van der Waals surface area contributed by atoms with Crippen LogP contribution < -0.4 is 5.32 Å². The molecule has 0 aromatic heterocycles. The summed E-state index contributed by atoms with van der Waals surface area (Å²) >= 11 is 0. The third-order valence-corrected chi connectivity index (χ3v) is 4.65. The molecule has 1 aliphatic rings. The quantitative estimate of drug-likeness (QED) is 0.574. The van der Waals surface area contributed by atoms with E-state index in [0.717, 1.165) is 10.5 Å². The fourth-order valence-corrected chi connectivity index (χ4v) is 3.21. The highest BCUT2D eigenvalue weighted by molar-refractivity contribution is 6.22. The van der Waals surface area contributed by atoms with Gasteiger partial charge in [-0.05, 0) is 23.6 Å². The van der Waals surface area contributed by atoms with Gasteiger partial charge in [0.15, 0.2) is 6.61 Å². The van der Waals surface area contributed by atoms with E-state index in [1.54, 1.807) is 38.1 Å². The summed E-state index contributed by atoms with van der Waals surface area (Å²) in [6.07, 6.45) is 0. The van der Waals surface area contributed by atoms with Gasteiger partial charge < -0.3 is 10.1 Å². The van der Waals surface area contributed by atoms with Crippen LogP contribution in [0.15, 0.2) is 54.6 Å². The lowest BCUT2D eigenvalue weighted by Crippen LogP contribution is -2.49. The molecule has 0 saturated carbocycles. The van der Waals surface area contributed by atoms with Crippen molar-refractivity contribution < 1.29 is 23.9 Å². The van der Waals surface area contributed by atoms with Crippen LogP contribution >= 0.6 is 0 Å². The van der Waals surface area contributed by atoms with Crippen LogP contribution in [0, 0.1) is 5.92 Å². The maximum atomic E-state index is 12.7. The van der Waals surface area contributed by atoms with Gasteiger partial charge in [0.25, 0.3) is 17.7 Å². The molecular weight excluding hydrogens is 372 g/mol. The highest BCUT2D eigenvalue weighted by Crippen LogP contribution is 2.27. The zero-order chi connectivity index (χ0) is 21.0. The van der Waals surface area contributed by atoms with E-state index in [1.807, 2.05) is 30.3 Å². The second-order valence-electron chi connectivity index (χ2n) is 7.08. The van der Waals surface area contributed by atoms with Crippen LogP contribution in [0.25, 0.3) is 0 Å². The number of nitrogens with zero attached hydrogens (tertiary/aromatic N) is 1. The number of esters is 1. The van der Waals surface area contributed by atoms with Gasteiger partial charge in [0, 0.05) is 6.54 Å². The topological polar surface area (TPSA) is 92.8 Å². The molecule has 0 fully saturated rings. The Balaban J connectivity index is 1.63. The summed E-state index contributed by atoms with van der Waals surface area (Å²) in [6, 6.07) is 14.6. The minimum Gasteiger partial charge on any atom is -0.454 e. The maximum absolute atomic E-state index is 12.7. The van der Waals surface area contributed by atoms with Gasteiger partial charge in [-0.3, -0.25) is 19.3 Å². The number of nitrogens with one attached hydrogen (secondary N) is 1. The molecule has 3 rings (SSSR count). The monoisotopic (exact) mass is 394 g/mol. The van der Waals surface area contributed by atoms with Crippen LogP contribution in [0.3, 0.4) is 0 Å². The second kappa shape index (κ2) is 8.68. The Morgan fingerprint density at radius 2 is 1.48 bits per heavy atom. The number of carbonyl (C=O) groups is 4. The van der Waals surface area contributed by atoms with Crippen molar-refractivity contribution in [3.8, 4) is 0 Å². The molecule has 1 heterocycles. The molecule has 29 heavy (non-hydrogen) atoms. The fraction of sp³-hybridized carbons (Fsp3) is 0.273. The van der Waals surface area contributed by atoms with Gasteiger partial charge >= 0.3 is 5.97 Å². The SMILES string of the molecule is CC(C)[C@H](C(=O)OCC(=O)NCc1ccccc1)N1C(=O)c2ccccc2C1=O. The minimum atomic E-state index is -1.11. The van der Waals surface area contributed by atoms with E-state index >= 15 is 0 Å². The lowest BCUT2D eigenvalue weighted by Gasteiger charge is -2.27. The van der Waals surface area contributed by atoms with Gasteiger partial charge in [-0.1, -0.05) is 56.3 Å². The summed E-state index contributed by atoms with van der Waals surface area (Å²) in [7, 11) is 0. The molecular formula is C22H22N2O5. The predicted molar refractivity (Wildman–Crippen MR) is 105 cm³/mol. The highest BCUT2D eigenvalue weighted by Gasteiger charge is 2.44. The fourth-order valence-electron chi connectivity index (χ4n) is 3.21. The Kier molecular flexibility index (Phi) is 6.07. The first-order valence-corrected chi connectivity index (χ1v) is 9.34. The first-order chi connectivity index (χ1) is 13.9. The normalized spacial score (nSPS) is 14.0. The summed E-state index contributed by atoms with van der Waals surface area (Å²) in [5, 5.41) is 2.66. The Bertz CT molecular complexity index is 904. The molecule has 0 saturated heterocycles. The van der Waals surface area contributed by atoms with Crippen molar-refractivity contribution >= 4 is 23.7 Å². The van der Waals surface area contributed by atoms with Crippen molar-refractivity contribution in [1.29, 1.82) is 0 Å². The van der Waals surface area contributed by atoms with Gasteiger partial charge in [0.1, 0.15) is 6.04 Å². The van der Waals surface area contributed by atoms with Crippen molar-refractivity contribution in [2.45, 2.75) is 26.4 Å². The lowest BCUT2D eigenvalue weighted by molar-refractivity contribution is -0.153.